The van der Waals surface area contributed by atoms with Gasteiger partial charge in [0.15, 0.2) is 24.0 Å². The summed E-state index contributed by atoms with van der Waals surface area (Å²) >= 11 is 0. The summed E-state index contributed by atoms with van der Waals surface area (Å²) in [6.07, 6.45) is 0. The van der Waals surface area contributed by atoms with Gasteiger partial charge in [-0.2, -0.15) is 0 Å². The van der Waals surface area contributed by atoms with Crippen LogP contribution in [0.25, 0.3) is 11.1 Å². The number of hydrogen-bond donors (Lipinski definition) is 2. The lowest BCUT2D eigenvalue weighted by molar-refractivity contribution is -0.139. The SMILES string of the molecule is Cc1cc(OCC(=O)O)c(F)c(NCc2cc(-c3cccc(F)c3)ccc2F)c1F. The Labute approximate surface area is 169 Å². The molecule has 0 saturated carbocycles. The van der Waals surface area contributed by atoms with Gasteiger partial charge >= 0.3 is 5.97 Å². The summed E-state index contributed by atoms with van der Waals surface area (Å²) in [6.45, 7) is 0.287. The molecule has 0 aromatic heterocycles. The highest BCUT2D eigenvalue weighted by atomic mass is 19.1. The molecule has 156 valence electrons. The molecule has 0 spiro atoms. The molecule has 0 aliphatic heterocycles. The monoisotopic (exact) mass is 419 g/mol. The average molecular weight is 419 g/mol. The maximum atomic E-state index is 14.6. The van der Waals surface area contributed by atoms with Crippen LogP contribution < -0.4 is 10.1 Å². The minimum Gasteiger partial charge on any atom is -0.479 e. The summed E-state index contributed by atoms with van der Waals surface area (Å²) in [5.41, 5.74) is 0.612. The molecule has 30 heavy (non-hydrogen) atoms. The normalized spacial score (nSPS) is 10.7. The molecule has 4 nitrogen and oxygen atoms in total. The Morgan fingerprint density at radius 1 is 1.00 bits per heavy atom. The molecule has 0 atom stereocenters. The van der Waals surface area contributed by atoms with E-state index in [2.05, 4.69) is 5.32 Å². The number of aryl methyl sites for hydroxylation is 1. The Hall–Kier alpha value is -3.55. The summed E-state index contributed by atoms with van der Waals surface area (Å²) < 4.78 is 61.6. The third kappa shape index (κ3) is 4.71. The van der Waals surface area contributed by atoms with Crippen molar-refractivity contribution < 1.29 is 32.2 Å². The smallest absolute Gasteiger partial charge is 0.341 e. The quantitative estimate of drug-likeness (QED) is 0.511. The highest BCUT2D eigenvalue weighted by Gasteiger charge is 2.19. The first-order valence-electron chi connectivity index (χ1n) is 8.87. The Morgan fingerprint density at radius 2 is 1.73 bits per heavy atom. The van der Waals surface area contributed by atoms with Crippen LogP contribution in [0.15, 0.2) is 48.5 Å². The molecular weight excluding hydrogens is 402 g/mol. The zero-order chi connectivity index (χ0) is 21.8. The first kappa shape index (κ1) is 21.2. The summed E-state index contributed by atoms with van der Waals surface area (Å²) in [4.78, 5) is 10.6. The Bertz CT molecular complexity index is 1100. The van der Waals surface area contributed by atoms with Crippen molar-refractivity contribution in [2.75, 3.05) is 11.9 Å². The number of rotatable bonds is 7. The molecule has 0 aliphatic rings. The van der Waals surface area contributed by atoms with E-state index >= 15 is 0 Å². The molecule has 2 N–H and O–H groups in total. The molecular formula is C22H17F4NO3. The highest BCUT2D eigenvalue weighted by molar-refractivity contribution is 5.69. The van der Waals surface area contributed by atoms with Crippen molar-refractivity contribution >= 4 is 11.7 Å². The van der Waals surface area contributed by atoms with Gasteiger partial charge in [-0.15, -0.1) is 0 Å². The summed E-state index contributed by atoms with van der Waals surface area (Å²) in [5, 5.41) is 11.2. The average Bonchev–Trinajstić information content (AvgIpc) is 2.70. The van der Waals surface area contributed by atoms with Crippen LogP contribution in [0.3, 0.4) is 0 Å². The van der Waals surface area contributed by atoms with E-state index in [0.717, 1.165) is 6.07 Å². The van der Waals surface area contributed by atoms with Crippen molar-refractivity contribution in [2.24, 2.45) is 0 Å². The second-order valence-corrected chi connectivity index (χ2v) is 6.55. The number of nitrogens with one attached hydrogen (secondary N) is 1. The molecule has 0 fully saturated rings. The van der Waals surface area contributed by atoms with Crippen LogP contribution in [0.2, 0.25) is 0 Å². The largest absolute Gasteiger partial charge is 0.479 e. The number of halogens is 4. The van der Waals surface area contributed by atoms with E-state index in [9.17, 15) is 22.4 Å². The second-order valence-electron chi connectivity index (χ2n) is 6.55. The fraction of sp³-hybridized carbons (Fsp3) is 0.136. The van der Waals surface area contributed by atoms with Crippen LogP contribution in [0, 0.1) is 30.2 Å². The fourth-order valence-corrected chi connectivity index (χ4v) is 2.88. The molecule has 0 saturated heterocycles. The van der Waals surface area contributed by atoms with Gasteiger partial charge in [0.05, 0.1) is 0 Å². The second kappa shape index (κ2) is 8.86. The Kier molecular flexibility index (Phi) is 6.25. The third-order valence-electron chi connectivity index (χ3n) is 4.36. The lowest BCUT2D eigenvalue weighted by atomic mass is 10.0. The summed E-state index contributed by atoms with van der Waals surface area (Å²) in [6, 6.07) is 10.9. The molecule has 0 heterocycles. The molecule has 0 amide bonds. The van der Waals surface area contributed by atoms with Crippen molar-refractivity contribution in [3.63, 3.8) is 0 Å². The van der Waals surface area contributed by atoms with Gasteiger partial charge in [-0.3, -0.25) is 0 Å². The van der Waals surface area contributed by atoms with Gasteiger partial charge in [-0.1, -0.05) is 18.2 Å². The summed E-state index contributed by atoms with van der Waals surface area (Å²) in [7, 11) is 0. The van der Waals surface area contributed by atoms with Crippen molar-refractivity contribution in [1.82, 2.24) is 0 Å². The lowest BCUT2D eigenvalue weighted by Crippen LogP contribution is -2.12. The zero-order valence-electron chi connectivity index (χ0n) is 15.8. The zero-order valence-corrected chi connectivity index (χ0v) is 15.8. The molecule has 3 rings (SSSR count). The Balaban J connectivity index is 1.88. The maximum Gasteiger partial charge on any atom is 0.341 e. The Morgan fingerprint density at radius 3 is 2.43 bits per heavy atom. The van der Waals surface area contributed by atoms with E-state index in [1.165, 1.54) is 43.3 Å². The molecule has 0 radical (unpaired) electrons. The third-order valence-corrected chi connectivity index (χ3v) is 4.36. The van der Waals surface area contributed by atoms with Gasteiger partial charge in [0.25, 0.3) is 0 Å². The number of benzene rings is 3. The van der Waals surface area contributed by atoms with Gasteiger partial charge in [-0.25, -0.2) is 22.4 Å². The van der Waals surface area contributed by atoms with Gasteiger partial charge in [0.1, 0.15) is 17.3 Å². The van der Waals surface area contributed by atoms with Crippen molar-refractivity contribution in [3.8, 4) is 16.9 Å². The number of carbonyl (C=O) groups is 1. The lowest BCUT2D eigenvalue weighted by Gasteiger charge is -2.15. The van der Waals surface area contributed by atoms with Crippen LogP contribution in [0.1, 0.15) is 11.1 Å². The predicted octanol–water partition coefficient (Wildman–Crippen LogP) is 5.29. The van der Waals surface area contributed by atoms with Crippen LogP contribution in [0.4, 0.5) is 23.2 Å². The van der Waals surface area contributed by atoms with Crippen LogP contribution in [0.5, 0.6) is 5.75 Å². The van der Waals surface area contributed by atoms with Gasteiger partial charge in [-0.05, 0) is 53.9 Å². The van der Waals surface area contributed by atoms with Crippen molar-refractivity contribution in [2.45, 2.75) is 13.5 Å². The standard InChI is InChI=1S/C22H17F4NO3/c1-12-7-18(30-11-19(28)29)21(26)22(20(12)25)27-10-15-8-14(5-6-17(15)24)13-3-2-4-16(23)9-13/h2-9,27H,10-11H2,1H3,(H,28,29). The van der Waals surface area contributed by atoms with Gasteiger partial charge < -0.3 is 15.2 Å². The van der Waals surface area contributed by atoms with E-state index < -0.39 is 47.3 Å². The fourth-order valence-electron chi connectivity index (χ4n) is 2.88. The van der Waals surface area contributed by atoms with Crippen molar-refractivity contribution in [3.05, 3.63) is 82.9 Å². The number of carboxylic acid groups (broad SMARTS) is 1. The van der Waals surface area contributed by atoms with E-state index in [-0.39, 0.29) is 17.7 Å². The number of ether oxygens (including phenoxy) is 1. The summed E-state index contributed by atoms with van der Waals surface area (Å²) in [5.74, 6) is -4.85. The first-order chi connectivity index (χ1) is 14.3. The molecule has 0 unspecified atom stereocenters. The minimum absolute atomic E-state index is 0.0215. The van der Waals surface area contributed by atoms with E-state index in [4.69, 9.17) is 9.84 Å². The molecule has 0 bridgehead atoms. The van der Waals surface area contributed by atoms with E-state index in [1.807, 2.05) is 0 Å². The molecule has 0 aliphatic carbocycles. The topological polar surface area (TPSA) is 58.6 Å². The van der Waals surface area contributed by atoms with Crippen molar-refractivity contribution in [1.29, 1.82) is 0 Å². The highest BCUT2D eigenvalue weighted by Crippen LogP contribution is 2.31. The minimum atomic E-state index is -1.32. The number of hydrogen-bond acceptors (Lipinski definition) is 3. The molecule has 8 heteroatoms. The van der Waals surface area contributed by atoms with Crippen LogP contribution in [-0.2, 0) is 11.3 Å². The molecule has 3 aromatic rings. The first-order valence-corrected chi connectivity index (χ1v) is 8.87. The van der Waals surface area contributed by atoms with Gasteiger partial charge in [0, 0.05) is 12.1 Å². The van der Waals surface area contributed by atoms with Crippen LogP contribution >= 0.6 is 0 Å². The van der Waals surface area contributed by atoms with E-state index in [1.54, 1.807) is 6.07 Å². The maximum absolute atomic E-state index is 14.6. The van der Waals surface area contributed by atoms with Crippen LogP contribution in [-0.4, -0.2) is 17.7 Å². The number of aliphatic carboxylic acids is 1. The molecule has 3 aromatic carbocycles. The van der Waals surface area contributed by atoms with E-state index in [0.29, 0.717) is 11.1 Å². The number of anilines is 1. The van der Waals surface area contributed by atoms with Gasteiger partial charge in [0.2, 0.25) is 0 Å². The predicted molar refractivity (Wildman–Crippen MR) is 103 cm³/mol. The number of carboxylic acids is 1.